The first kappa shape index (κ1) is 17.2. The van der Waals surface area contributed by atoms with Crippen molar-refractivity contribution in [2.45, 2.75) is 18.2 Å². The highest BCUT2D eigenvalue weighted by Crippen LogP contribution is 2.34. The van der Waals surface area contributed by atoms with Gasteiger partial charge in [-0.3, -0.25) is 4.55 Å². The number of hydrogen-bond acceptors (Lipinski definition) is 3. The van der Waals surface area contributed by atoms with Crippen LogP contribution in [0.5, 0.6) is 5.75 Å². The topological polar surface area (TPSA) is 74.6 Å². The molecule has 128 valence electrons. The zero-order chi connectivity index (χ0) is 18.0. The van der Waals surface area contributed by atoms with Crippen molar-refractivity contribution in [3.05, 3.63) is 83.4 Å². The molecule has 0 amide bonds. The van der Waals surface area contributed by atoms with Crippen molar-refractivity contribution < 1.29 is 18.1 Å². The molecule has 0 aromatic heterocycles. The van der Waals surface area contributed by atoms with Crippen LogP contribution in [0.2, 0.25) is 0 Å². The Morgan fingerprint density at radius 2 is 1.56 bits per heavy atom. The number of aromatic hydroxyl groups is 1. The summed E-state index contributed by atoms with van der Waals surface area (Å²) in [5.74, 6) is -0.464. The minimum Gasteiger partial charge on any atom is -0.506 e. The van der Waals surface area contributed by atoms with E-state index in [4.69, 9.17) is 0 Å². The van der Waals surface area contributed by atoms with Crippen LogP contribution in [-0.4, -0.2) is 18.1 Å². The van der Waals surface area contributed by atoms with E-state index in [2.05, 4.69) is 0 Å². The van der Waals surface area contributed by atoms with Crippen LogP contribution in [0.15, 0.2) is 71.6 Å². The standard InChI is InChI=1S/C20H18O4S/c1-14-7-9-15(10-8-14)11-17-12-20(25(22,23)24)19(21)13-18(17)16-5-3-2-4-6-16/h2-10,12-13,21H,11H2,1H3,(H,22,23,24). The molecule has 5 heteroatoms. The number of hydrogen-bond donors (Lipinski definition) is 2. The molecule has 0 atom stereocenters. The van der Waals surface area contributed by atoms with E-state index in [0.29, 0.717) is 12.0 Å². The minimum absolute atomic E-state index is 0.464. The zero-order valence-corrected chi connectivity index (χ0v) is 14.5. The number of aryl methyl sites for hydroxylation is 1. The Morgan fingerprint density at radius 1 is 0.920 bits per heavy atom. The summed E-state index contributed by atoms with van der Waals surface area (Å²) in [6.45, 7) is 2.00. The normalized spacial score (nSPS) is 11.4. The summed E-state index contributed by atoms with van der Waals surface area (Å²) >= 11 is 0. The van der Waals surface area contributed by atoms with Crippen molar-refractivity contribution in [1.29, 1.82) is 0 Å². The van der Waals surface area contributed by atoms with E-state index in [1.165, 1.54) is 12.1 Å². The summed E-state index contributed by atoms with van der Waals surface area (Å²) in [5.41, 5.74) is 4.44. The zero-order valence-electron chi connectivity index (χ0n) is 13.7. The molecule has 4 nitrogen and oxygen atoms in total. The Hall–Kier alpha value is -2.63. The molecular weight excluding hydrogens is 336 g/mol. The molecule has 0 heterocycles. The maximum absolute atomic E-state index is 11.5. The number of rotatable bonds is 4. The maximum atomic E-state index is 11.5. The molecule has 0 aliphatic heterocycles. The van der Waals surface area contributed by atoms with Gasteiger partial charge in [0.15, 0.2) is 0 Å². The monoisotopic (exact) mass is 354 g/mol. The second-order valence-electron chi connectivity index (χ2n) is 5.98. The first-order chi connectivity index (χ1) is 11.8. The Bertz CT molecular complexity index is 992. The smallest absolute Gasteiger partial charge is 0.298 e. The molecule has 0 saturated carbocycles. The number of benzene rings is 3. The van der Waals surface area contributed by atoms with Crippen molar-refractivity contribution in [1.82, 2.24) is 0 Å². The van der Waals surface area contributed by atoms with Crippen LogP contribution in [-0.2, 0) is 16.5 Å². The van der Waals surface area contributed by atoms with Crippen LogP contribution < -0.4 is 0 Å². The van der Waals surface area contributed by atoms with Gasteiger partial charge in [-0.25, -0.2) is 0 Å². The molecule has 0 bridgehead atoms. The third kappa shape index (κ3) is 3.90. The molecular formula is C20H18O4S. The third-order valence-corrected chi connectivity index (χ3v) is 4.95. The van der Waals surface area contributed by atoms with Crippen molar-refractivity contribution in [2.24, 2.45) is 0 Å². The minimum atomic E-state index is -4.50. The van der Waals surface area contributed by atoms with Gasteiger partial charge in [-0.05, 0) is 47.7 Å². The summed E-state index contributed by atoms with van der Waals surface area (Å²) in [7, 11) is -4.50. The van der Waals surface area contributed by atoms with Crippen molar-refractivity contribution in [3.8, 4) is 16.9 Å². The van der Waals surface area contributed by atoms with Crippen molar-refractivity contribution >= 4 is 10.1 Å². The molecule has 3 aromatic rings. The lowest BCUT2D eigenvalue weighted by molar-refractivity contribution is 0.443. The van der Waals surface area contributed by atoms with Crippen LogP contribution in [0.1, 0.15) is 16.7 Å². The second kappa shape index (κ2) is 6.70. The Labute approximate surface area is 147 Å². The molecule has 0 unspecified atom stereocenters. The predicted octanol–water partition coefficient (Wildman–Crippen LogP) is 4.21. The lowest BCUT2D eigenvalue weighted by atomic mass is 9.94. The van der Waals surface area contributed by atoms with E-state index in [1.54, 1.807) is 0 Å². The van der Waals surface area contributed by atoms with E-state index < -0.39 is 20.8 Å². The lowest BCUT2D eigenvalue weighted by Gasteiger charge is -2.13. The molecule has 0 saturated heterocycles. The summed E-state index contributed by atoms with van der Waals surface area (Å²) in [5, 5.41) is 10.1. The fourth-order valence-electron chi connectivity index (χ4n) is 2.78. The van der Waals surface area contributed by atoms with Gasteiger partial charge in [-0.1, -0.05) is 60.2 Å². The first-order valence-corrected chi connectivity index (χ1v) is 9.23. The van der Waals surface area contributed by atoms with Crippen LogP contribution in [0.4, 0.5) is 0 Å². The molecule has 0 aliphatic rings. The molecule has 0 spiro atoms. The van der Waals surface area contributed by atoms with E-state index >= 15 is 0 Å². The van der Waals surface area contributed by atoms with Gasteiger partial charge in [0.1, 0.15) is 10.6 Å². The third-order valence-electron chi connectivity index (χ3n) is 4.06. The summed E-state index contributed by atoms with van der Waals surface area (Å²) in [6, 6.07) is 20.1. The molecule has 0 aliphatic carbocycles. The van der Waals surface area contributed by atoms with Gasteiger partial charge in [0.05, 0.1) is 0 Å². The maximum Gasteiger partial charge on any atom is 0.298 e. The Kier molecular flexibility index (Phi) is 4.61. The first-order valence-electron chi connectivity index (χ1n) is 7.79. The van der Waals surface area contributed by atoms with Gasteiger partial charge in [0, 0.05) is 0 Å². The highest BCUT2D eigenvalue weighted by atomic mass is 32.2. The van der Waals surface area contributed by atoms with Crippen molar-refractivity contribution in [2.75, 3.05) is 0 Å². The van der Waals surface area contributed by atoms with Gasteiger partial charge < -0.3 is 5.11 Å². The highest BCUT2D eigenvalue weighted by Gasteiger charge is 2.19. The largest absolute Gasteiger partial charge is 0.506 e. The van der Waals surface area contributed by atoms with E-state index in [1.807, 2.05) is 61.5 Å². The molecule has 0 radical (unpaired) electrons. The van der Waals surface area contributed by atoms with Crippen LogP contribution in [0, 0.1) is 6.92 Å². The number of phenolic OH excluding ortho intramolecular Hbond substituents is 1. The number of phenols is 1. The fraction of sp³-hybridized carbons (Fsp3) is 0.100. The summed E-state index contributed by atoms with van der Waals surface area (Å²) in [6.07, 6.45) is 0.479. The average Bonchev–Trinajstić information content (AvgIpc) is 2.58. The van der Waals surface area contributed by atoms with Crippen LogP contribution >= 0.6 is 0 Å². The summed E-state index contributed by atoms with van der Waals surface area (Å²) in [4.78, 5) is -0.478. The fourth-order valence-corrected chi connectivity index (χ4v) is 3.39. The SMILES string of the molecule is Cc1ccc(Cc2cc(S(=O)(=O)O)c(O)cc2-c2ccccc2)cc1. The van der Waals surface area contributed by atoms with E-state index in [-0.39, 0.29) is 0 Å². The Balaban J connectivity index is 2.17. The lowest BCUT2D eigenvalue weighted by Crippen LogP contribution is -2.02. The van der Waals surface area contributed by atoms with Crippen molar-refractivity contribution in [3.63, 3.8) is 0 Å². The molecule has 3 rings (SSSR count). The van der Waals surface area contributed by atoms with Gasteiger partial charge >= 0.3 is 0 Å². The van der Waals surface area contributed by atoms with E-state index in [9.17, 15) is 18.1 Å². The Morgan fingerprint density at radius 3 is 2.16 bits per heavy atom. The molecule has 2 N–H and O–H groups in total. The predicted molar refractivity (Wildman–Crippen MR) is 97.3 cm³/mol. The van der Waals surface area contributed by atoms with Gasteiger partial charge in [-0.2, -0.15) is 8.42 Å². The second-order valence-corrected chi connectivity index (χ2v) is 7.37. The quantitative estimate of drug-likeness (QED) is 0.689. The van der Waals surface area contributed by atoms with Gasteiger partial charge in [-0.15, -0.1) is 0 Å². The summed E-state index contributed by atoms with van der Waals surface area (Å²) < 4.78 is 32.5. The molecule has 0 fully saturated rings. The molecule has 3 aromatic carbocycles. The molecule has 25 heavy (non-hydrogen) atoms. The average molecular weight is 354 g/mol. The van der Waals surface area contributed by atoms with E-state index in [0.717, 1.165) is 22.3 Å². The van der Waals surface area contributed by atoms with Gasteiger partial charge in [0.25, 0.3) is 10.1 Å². The highest BCUT2D eigenvalue weighted by molar-refractivity contribution is 7.86. The van der Waals surface area contributed by atoms with Crippen LogP contribution in [0.25, 0.3) is 11.1 Å². The van der Waals surface area contributed by atoms with Gasteiger partial charge in [0.2, 0.25) is 0 Å². The van der Waals surface area contributed by atoms with Crippen LogP contribution in [0.3, 0.4) is 0 Å².